The van der Waals surface area contributed by atoms with Gasteiger partial charge in [0.1, 0.15) is 11.5 Å². The van der Waals surface area contributed by atoms with E-state index in [0.717, 1.165) is 29.9 Å². The molecule has 1 aromatic heterocycles. The normalized spacial score (nSPS) is 13.8. The van der Waals surface area contributed by atoms with Gasteiger partial charge in [0.15, 0.2) is 0 Å². The third-order valence-electron chi connectivity index (χ3n) is 3.00. The molecule has 1 aliphatic heterocycles. The number of rotatable bonds is 1. The number of hydrogen-bond acceptors (Lipinski definition) is 2. The van der Waals surface area contributed by atoms with Gasteiger partial charge in [0.05, 0.1) is 5.69 Å². The standard InChI is InChI=1S/C13H12FN3/c1-17-13(9-2-4-10(14)5-3-9)11-6-7-15-8-12(11)16-17/h2-5,8H,6-7H2,1H3. The molecular weight excluding hydrogens is 217 g/mol. The Bertz CT molecular complexity index is 581. The molecule has 0 saturated carbocycles. The Labute approximate surface area is 98.6 Å². The van der Waals surface area contributed by atoms with Crippen LogP contribution >= 0.6 is 0 Å². The Balaban J connectivity index is 2.17. The molecule has 0 spiro atoms. The second kappa shape index (κ2) is 3.80. The Morgan fingerprint density at radius 2 is 2.00 bits per heavy atom. The monoisotopic (exact) mass is 229 g/mol. The summed E-state index contributed by atoms with van der Waals surface area (Å²) in [6.45, 7) is 0.799. The van der Waals surface area contributed by atoms with Crippen molar-refractivity contribution < 1.29 is 4.39 Å². The van der Waals surface area contributed by atoms with Crippen molar-refractivity contribution in [2.75, 3.05) is 6.54 Å². The lowest BCUT2D eigenvalue weighted by Gasteiger charge is -2.07. The predicted octanol–water partition coefficient (Wildman–Crippen LogP) is 2.20. The lowest BCUT2D eigenvalue weighted by molar-refractivity contribution is 0.628. The molecule has 0 bridgehead atoms. The SMILES string of the molecule is Cn1nc2c(c1-c1ccc(F)cc1)CCN=C2. The molecular formula is C13H12FN3. The fourth-order valence-electron chi connectivity index (χ4n) is 2.23. The molecule has 3 rings (SSSR count). The van der Waals surface area contributed by atoms with E-state index >= 15 is 0 Å². The van der Waals surface area contributed by atoms with E-state index < -0.39 is 0 Å². The first-order valence-electron chi connectivity index (χ1n) is 5.57. The minimum absolute atomic E-state index is 0.216. The second-order valence-electron chi connectivity index (χ2n) is 4.13. The van der Waals surface area contributed by atoms with Gasteiger partial charge in [-0.15, -0.1) is 0 Å². The summed E-state index contributed by atoms with van der Waals surface area (Å²) >= 11 is 0. The molecule has 2 heterocycles. The average molecular weight is 229 g/mol. The molecule has 0 atom stereocenters. The Hall–Kier alpha value is -1.97. The quantitative estimate of drug-likeness (QED) is 0.737. The topological polar surface area (TPSA) is 30.2 Å². The van der Waals surface area contributed by atoms with Gasteiger partial charge in [-0.3, -0.25) is 9.67 Å². The Kier molecular flexibility index (Phi) is 2.28. The van der Waals surface area contributed by atoms with E-state index in [-0.39, 0.29) is 5.82 Å². The third kappa shape index (κ3) is 1.65. The van der Waals surface area contributed by atoms with E-state index in [1.54, 1.807) is 12.1 Å². The van der Waals surface area contributed by atoms with E-state index in [0.29, 0.717) is 0 Å². The molecule has 86 valence electrons. The van der Waals surface area contributed by atoms with Gasteiger partial charge in [0, 0.05) is 30.9 Å². The average Bonchev–Trinajstić information content (AvgIpc) is 2.66. The first-order chi connectivity index (χ1) is 8.25. The Morgan fingerprint density at radius 3 is 2.76 bits per heavy atom. The zero-order chi connectivity index (χ0) is 11.8. The molecule has 4 heteroatoms. The van der Waals surface area contributed by atoms with Gasteiger partial charge < -0.3 is 0 Å². The van der Waals surface area contributed by atoms with Gasteiger partial charge >= 0.3 is 0 Å². The number of hydrogen-bond donors (Lipinski definition) is 0. The van der Waals surface area contributed by atoms with Crippen LogP contribution in [-0.2, 0) is 13.5 Å². The largest absolute Gasteiger partial charge is 0.291 e. The lowest BCUT2D eigenvalue weighted by atomic mass is 10.0. The molecule has 1 aromatic carbocycles. The van der Waals surface area contributed by atoms with Crippen LogP contribution in [0.1, 0.15) is 11.3 Å². The zero-order valence-electron chi connectivity index (χ0n) is 9.52. The zero-order valence-corrected chi connectivity index (χ0v) is 9.52. The molecule has 0 aliphatic carbocycles. The van der Waals surface area contributed by atoms with Crippen molar-refractivity contribution in [2.24, 2.45) is 12.0 Å². The third-order valence-corrected chi connectivity index (χ3v) is 3.00. The first kappa shape index (κ1) is 10.2. The van der Waals surface area contributed by atoms with Crippen LogP contribution in [0.5, 0.6) is 0 Å². The van der Waals surface area contributed by atoms with Crippen LogP contribution < -0.4 is 0 Å². The van der Waals surface area contributed by atoms with Crippen molar-refractivity contribution in [1.82, 2.24) is 9.78 Å². The number of nitrogens with zero attached hydrogens (tertiary/aromatic N) is 3. The summed E-state index contributed by atoms with van der Waals surface area (Å²) in [5.74, 6) is -0.216. The number of halogens is 1. The van der Waals surface area contributed by atoms with Crippen LogP contribution in [0.3, 0.4) is 0 Å². The molecule has 2 aromatic rings. The van der Waals surface area contributed by atoms with Gasteiger partial charge in [-0.1, -0.05) is 0 Å². The number of fused-ring (bicyclic) bond motifs is 1. The smallest absolute Gasteiger partial charge is 0.123 e. The minimum atomic E-state index is -0.216. The fourth-order valence-corrected chi connectivity index (χ4v) is 2.23. The summed E-state index contributed by atoms with van der Waals surface area (Å²) in [6, 6.07) is 6.54. The van der Waals surface area contributed by atoms with Crippen LogP contribution in [0.2, 0.25) is 0 Å². The molecule has 0 amide bonds. The summed E-state index contributed by atoms with van der Waals surface area (Å²) < 4.78 is 14.8. The van der Waals surface area contributed by atoms with Gasteiger partial charge in [-0.2, -0.15) is 5.10 Å². The first-order valence-corrected chi connectivity index (χ1v) is 5.57. The maximum absolute atomic E-state index is 12.9. The van der Waals surface area contributed by atoms with Crippen LogP contribution in [0.4, 0.5) is 4.39 Å². The van der Waals surface area contributed by atoms with E-state index in [9.17, 15) is 4.39 Å². The number of aromatic nitrogens is 2. The Morgan fingerprint density at radius 1 is 1.24 bits per heavy atom. The van der Waals surface area contributed by atoms with Gasteiger partial charge in [0.2, 0.25) is 0 Å². The van der Waals surface area contributed by atoms with Crippen molar-refractivity contribution in [3.8, 4) is 11.3 Å². The summed E-state index contributed by atoms with van der Waals surface area (Å²) in [5.41, 5.74) is 4.19. The van der Waals surface area contributed by atoms with E-state index in [1.807, 2.05) is 17.9 Å². The molecule has 0 N–H and O–H groups in total. The number of aryl methyl sites for hydroxylation is 1. The molecule has 17 heavy (non-hydrogen) atoms. The van der Waals surface area contributed by atoms with E-state index in [2.05, 4.69) is 10.1 Å². The highest BCUT2D eigenvalue weighted by atomic mass is 19.1. The van der Waals surface area contributed by atoms with Crippen LogP contribution in [-0.4, -0.2) is 22.5 Å². The summed E-state index contributed by atoms with van der Waals surface area (Å²) in [6.07, 6.45) is 2.71. The van der Waals surface area contributed by atoms with Crippen LogP contribution in [0.15, 0.2) is 29.3 Å². The van der Waals surface area contributed by atoms with Crippen molar-refractivity contribution >= 4 is 6.21 Å². The fraction of sp³-hybridized carbons (Fsp3) is 0.231. The highest BCUT2D eigenvalue weighted by molar-refractivity contribution is 5.84. The molecule has 3 nitrogen and oxygen atoms in total. The summed E-state index contributed by atoms with van der Waals surface area (Å²) in [7, 11) is 1.91. The second-order valence-corrected chi connectivity index (χ2v) is 4.13. The molecule has 1 aliphatic rings. The van der Waals surface area contributed by atoms with Crippen molar-refractivity contribution in [3.05, 3.63) is 41.3 Å². The highest BCUT2D eigenvalue weighted by Crippen LogP contribution is 2.27. The van der Waals surface area contributed by atoms with Gasteiger partial charge in [-0.25, -0.2) is 4.39 Å². The molecule has 0 unspecified atom stereocenters. The molecule has 0 saturated heterocycles. The highest BCUT2D eigenvalue weighted by Gasteiger charge is 2.18. The number of aliphatic imine (C=N–C) groups is 1. The molecule has 0 fully saturated rings. The van der Waals surface area contributed by atoms with Crippen molar-refractivity contribution in [1.29, 1.82) is 0 Å². The molecule has 0 radical (unpaired) electrons. The number of benzene rings is 1. The van der Waals surface area contributed by atoms with E-state index in [4.69, 9.17) is 0 Å². The van der Waals surface area contributed by atoms with Crippen LogP contribution in [0, 0.1) is 5.82 Å². The maximum Gasteiger partial charge on any atom is 0.123 e. The van der Waals surface area contributed by atoms with Crippen molar-refractivity contribution in [3.63, 3.8) is 0 Å². The lowest BCUT2D eigenvalue weighted by Crippen LogP contribution is -2.01. The maximum atomic E-state index is 12.9. The van der Waals surface area contributed by atoms with Gasteiger partial charge in [0.25, 0.3) is 0 Å². The minimum Gasteiger partial charge on any atom is -0.291 e. The predicted molar refractivity (Wildman–Crippen MR) is 64.8 cm³/mol. The summed E-state index contributed by atoms with van der Waals surface area (Å²) in [5, 5.41) is 4.42. The van der Waals surface area contributed by atoms with E-state index in [1.165, 1.54) is 17.7 Å². The van der Waals surface area contributed by atoms with Gasteiger partial charge in [-0.05, 0) is 30.7 Å². The van der Waals surface area contributed by atoms with Crippen LogP contribution in [0.25, 0.3) is 11.3 Å². The van der Waals surface area contributed by atoms with Crippen molar-refractivity contribution in [2.45, 2.75) is 6.42 Å². The summed E-state index contributed by atoms with van der Waals surface area (Å²) in [4.78, 5) is 4.22.